The normalized spacial score (nSPS) is 17.6. The van der Waals surface area contributed by atoms with Crippen LogP contribution < -0.4 is 9.47 Å². The van der Waals surface area contributed by atoms with Crippen LogP contribution in [-0.2, 0) is 0 Å². The first-order valence-corrected chi connectivity index (χ1v) is 12.2. The van der Waals surface area contributed by atoms with Crippen molar-refractivity contribution < 1.29 is 24.4 Å². The Hall–Kier alpha value is -3.98. The first-order valence-electron chi connectivity index (χ1n) is 12.2. The van der Waals surface area contributed by atoms with Crippen LogP contribution >= 0.6 is 0 Å². The summed E-state index contributed by atoms with van der Waals surface area (Å²) >= 11 is 0. The van der Waals surface area contributed by atoms with Crippen LogP contribution in [0.4, 0.5) is 0 Å². The molecule has 4 rings (SSSR count). The van der Waals surface area contributed by atoms with Gasteiger partial charge in [0.15, 0.2) is 0 Å². The van der Waals surface area contributed by atoms with Gasteiger partial charge in [-0.05, 0) is 91.9 Å². The zero-order chi connectivity index (χ0) is 27.7. The first kappa shape index (κ1) is 27.1. The molecule has 38 heavy (non-hydrogen) atoms. The minimum absolute atomic E-state index is 0.0148. The second-order valence-electron chi connectivity index (χ2n) is 9.38. The Bertz CT molecular complexity index is 1430. The van der Waals surface area contributed by atoms with E-state index in [1.165, 1.54) is 0 Å². The SMILES string of the molecule is COc1c(C)cc(C2=CC=C(CO)C(=C3C(CO)=CC=C(c4cc(C)c(OC)c(C)c4)[N+]3=O)N2[O-])cc1C. The molecule has 8 heteroatoms. The third kappa shape index (κ3) is 4.58. The van der Waals surface area contributed by atoms with Gasteiger partial charge in [0.25, 0.3) is 11.4 Å². The van der Waals surface area contributed by atoms with E-state index in [2.05, 4.69) is 0 Å². The summed E-state index contributed by atoms with van der Waals surface area (Å²) in [7, 11) is 3.19. The van der Waals surface area contributed by atoms with Gasteiger partial charge in [0.05, 0.1) is 43.3 Å². The number of nitroso groups, excluding NO2 is 1. The number of aryl methyl sites for hydroxylation is 4. The molecule has 0 bridgehead atoms. The average Bonchev–Trinajstić information content (AvgIpc) is 2.88. The lowest BCUT2D eigenvalue weighted by atomic mass is 9.95. The van der Waals surface area contributed by atoms with Crippen molar-refractivity contribution >= 4 is 11.4 Å². The molecule has 0 amide bonds. The number of aliphatic hydroxyl groups is 2. The molecule has 8 nitrogen and oxygen atoms in total. The number of allylic oxidation sites excluding steroid dienone is 4. The van der Waals surface area contributed by atoms with E-state index < -0.39 is 13.2 Å². The molecular formula is C30H32N2O6. The van der Waals surface area contributed by atoms with Crippen molar-refractivity contribution in [1.29, 1.82) is 0 Å². The van der Waals surface area contributed by atoms with Crippen LogP contribution in [-0.4, -0.2) is 47.5 Å². The number of hydrogen-bond acceptors (Lipinski definition) is 7. The minimum atomic E-state index is -0.464. The Morgan fingerprint density at radius 3 is 1.71 bits per heavy atom. The van der Waals surface area contributed by atoms with E-state index in [1.807, 2.05) is 52.0 Å². The van der Waals surface area contributed by atoms with Crippen molar-refractivity contribution in [2.75, 3.05) is 27.4 Å². The molecule has 0 unspecified atom stereocenters. The maximum Gasteiger partial charge on any atom is 0.292 e. The summed E-state index contributed by atoms with van der Waals surface area (Å²) in [6.45, 7) is 6.65. The fraction of sp³-hybridized carbons (Fsp3) is 0.267. The summed E-state index contributed by atoms with van der Waals surface area (Å²) in [4.78, 5) is 13.9. The van der Waals surface area contributed by atoms with Gasteiger partial charge in [-0.15, -0.1) is 0 Å². The lowest BCUT2D eigenvalue weighted by Gasteiger charge is -2.38. The van der Waals surface area contributed by atoms with E-state index in [9.17, 15) is 20.3 Å². The van der Waals surface area contributed by atoms with E-state index in [0.29, 0.717) is 32.3 Å². The minimum Gasteiger partial charge on any atom is -0.754 e. The smallest absolute Gasteiger partial charge is 0.292 e. The molecule has 2 aliphatic rings. The number of hydrogen-bond donors (Lipinski definition) is 2. The fourth-order valence-electron chi connectivity index (χ4n) is 5.17. The number of ether oxygens (including phenoxy) is 2. The highest BCUT2D eigenvalue weighted by Gasteiger charge is 2.38. The molecule has 0 radical (unpaired) electrons. The molecule has 0 atom stereocenters. The van der Waals surface area contributed by atoms with E-state index in [4.69, 9.17) is 9.47 Å². The van der Waals surface area contributed by atoms with Gasteiger partial charge in [0.2, 0.25) is 0 Å². The van der Waals surface area contributed by atoms with Gasteiger partial charge in [-0.3, -0.25) is 0 Å². The van der Waals surface area contributed by atoms with Gasteiger partial charge in [0, 0.05) is 22.3 Å². The number of rotatable bonds is 6. The van der Waals surface area contributed by atoms with Crippen molar-refractivity contribution in [3.05, 3.63) is 115 Å². The summed E-state index contributed by atoms with van der Waals surface area (Å²) in [6.07, 6.45) is 6.50. The molecular weight excluding hydrogens is 484 g/mol. The highest BCUT2D eigenvalue weighted by Crippen LogP contribution is 2.40. The molecule has 0 fully saturated rings. The second-order valence-corrected chi connectivity index (χ2v) is 9.38. The zero-order valence-electron chi connectivity index (χ0n) is 22.5. The predicted octanol–water partition coefficient (Wildman–Crippen LogP) is 4.97. The summed E-state index contributed by atoms with van der Waals surface area (Å²) < 4.78 is 11.6. The Morgan fingerprint density at radius 2 is 1.24 bits per heavy atom. The van der Waals surface area contributed by atoms with Gasteiger partial charge in [-0.25, -0.2) is 0 Å². The standard InChI is InChI=1S/C30H32N2O6/c1-17-11-23(12-18(2)29(17)37-5)25-9-7-21(15-33)27(31(25)35)28-22(16-34)8-10-26(32(28)36)24-13-19(3)30(38-6)20(4)14-24/h7-14,33-34H,15-16H2,1-6H3. The van der Waals surface area contributed by atoms with Crippen LogP contribution in [0.25, 0.3) is 11.4 Å². The van der Waals surface area contributed by atoms with E-state index in [1.54, 1.807) is 38.5 Å². The molecule has 0 aliphatic carbocycles. The van der Waals surface area contributed by atoms with Crippen LogP contribution in [0.15, 0.2) is 71.1 Å². The van der Waals surface area contributed by atoms with Gasteiger partial charge < -0.3 is 30.0 Å². The van der Waals surface area contributed by atoms with Crippen molar-refractivity contribution in [2.45, 2.75) is 27.7 Å². The molecule has 0 saturated carbocycles. The maximum atomic E-state index is 13.9. The third-order valence-electron chi connectivity index (χ3n) is 6.82. The van der Waals surface area contributed by atoms with Crippen LogP contribution in [0.2, 0.25) is 0 Å². The van der Waals surface area contributed by atoms with Crippen LogP contribution in [0.5, 0.6) is 11.5 Å². The zero-order valence-corrected chi connectivity index (χ0v) is 22.5. The highest BCUT2D eigenvalue weighted by atomic mass is 16.5. The van der Waals surface area contributed by atoms with Crippen molar-refractivity contribution in [3.8, 4) is 11.5 Å². The number of hydroxylamine groups is 2. The second kappa shape index (κ2) is 10.8. The monoisotopic (exact) mass is 516 g/mol. The van der Waals surface area contributed by atoms with Gasteiger partial charge in [-0.1, -0.05) is 6.08 Å². The van der Waals surface area contributed by atoms with E-state index in [0.717, 1.165) is 33.8 Å². The topological polar surface area (TPSA) is 105 Å². The molecule has 2 aromatic rings. The van der Waals surface area contributed by atoms with Crippen molar-refractivity contribution in [3.63, 3.8) is 0 Å². The number of methoxy groups -OCH3 is 2. The van der Waals surface area contributed by atoms with E-state index >= 15 is 0 Å². The van der Waals surface area contributed by atoms with Crippen molar-refractivity contribution in [2.24, 2.45) is 0 Å². The van der Waals surface area contributed by atoms with Crippen LogP contribution in [0, 0.1) is 37.8 Å². The average molecular weight is 517 g/mol. The number of aliphatic hydroxyl groups excluding tert-OH is 2. The highest BCUT2D eigenvalue weighted by molar-refractivity contribution is 5.75. The lowest BCUT2D eigenvalue weighted by molar-refractivity contribution is -0.397. The fourth-order valence-corrected chi connectivity index (χ4v) is 5.17. The Balaban J connectivity index is 1.88. The summed E-state index contributed by atoms with van der Waals surface area (Å²) in [5.41, 5.74) is 5.83. The molecule has 2 aliphatic heterocycles. The quantitative estimate of drug-likeness (QED) is 0.522. The summed E-state index contributed by atoms with van der Waals surface area (Å²) in [5.74, 6) is 1.47. The largest absolute Gasteiger partial charge is 0.754 e. The molecule has 0 aromatic heterocycles. The number of nitrogens with zero attached hydrogens (tertiary/aromatic N) is 2. The lowest BCUT2D eigenvalue weighted by Crippen LogP contribution is -2.27. The van der Waals surface area contributed by atoms with Gasteiger partial charge in [0.1, 0.15) is 17.2 Å². The van der Waals surface area contributed by atoms with Gasteiger partial charge >= 0.3 is 0 Å². The molecule has 0 saturated heterocycles. The third-order valence-corrected chi connectivity index (χ3v) is 6.82. The Kier molecular flexibility index (Phi) is 7.68. The molecule has 198 valence electrons. The first-order chi connectivity index (χ1) is 18.2. The Morgan fingerprint density at radius 1 is 0.763 bits per heavy atom. The Labute approximate surface area is 222 Å². The maximum absolute atomic E-state index is 13.9. The van der Waals surface area contributed by atoms with Crippen LogP contribution in [0.1, 0.15) is 33.4 Å². The summed E-state index contributed by atoms with van der Waals surface area (Å²) in [5, 5.41) is 34.8. The predicted molar refractivity (Wildman–Crippen MR) is 147 cm³/mol. The number of benzene rings is 2. The van der Waals surface area contributed by atoms with Gasteiger partial charge in [-0.2, -0.15) is 0 Å². The van der Waals surface area contributed by atoms with Crippen LogP contribution in [0.3, 0.4) is 0 Å². The molecule has 2 aromatic carbocycles. The molecule has 0 spiro atoms. The van der Waals surface area contributed by atoms with Crippen molar-refractivity contribution in [1.82, 2.24) is 5.06 Å². The summed E-state index contributed by atoms with van der Waals surface area (Å²) in [6, 6.07) is 7.37. The van der Waals surface area contributed by atoms with E-state index in [-0.39, 0.29) is 22.5 Å². The molecule has 2 N–H and O–H groups in total. The molecule has 2 heterocycles.